The summed E-state index contributed by atoms with van der Waals surface area (Å²) in [6.45, 7) is 2.61. The van der Waals surface area contributed by atoms with E-state index in [4.69, 9.17) is 4.74 Å². The third kappa shape index (κ3) is 3.81. The summed E-state index contributed by atoms with van der Waals surface area (Å²) in [6, 6.07) is 11.7. The van der Waals surface area contributed by atoms with Gasteiger partial charge < -0.3 is 9.64 Å². The summed E-state index contributed by atoms with van der Waals surface area (Å²) in [5, 5.41) is 0. The van der Waals surface area contributed by atoms with Crippen LogP contribution in [0.1, 0.15) is 29.4 Å². The largest absolute Gasteiger partial charge is 0.497 e. The van der Waals surface area contributed by atoms with Gasteiger partial charge in [-0.05, 0) is 29.8 Å². The molecule has 110 valence electrons. The Hall–Kier alpha value is -2.36. The van der Waals surface area contributed by atoms with Crippen LogP contribution in [-0.2, 0) is 6.54 Å². The van der Waals surface area contributed by atoms with E-state index in [0.717, 1.165) is 18.0 Å². The molecule has 0 bridgehead atoms. The van der Waals surface area contributed by atoms with Crippen molar-refractivity contribution in [1.82, 2.24) is 4.98 Å². The molecule has 0 aliphatic carbocycles. The fourth-order valence-corrected chi connectivity index (χ4v) is 2.05. The average Bonchev–Trinajstić information content (AvgIpc) is 2.55. The molecule has 2 rings (SSSR count). The number of benzene rings is 1. The van der Waals surface area contributed by atoms with Crippen LogP contribution < -0.4 is 9.64 Å². The van der Waals surface area contributed by atoms with Gasteiger partial charge in [0.05, 0.1) is 19.0 Å². The highest BCUT2D eigenvalue weighted by Crippen LogP contribution is 2.17. The zero-order valence-electron chi connectivity index (χ0n) is 12.7. The van der Waals surface area contributed by atoms with E-state index >= 15 is 0 Å². The van der Waals surface area contributed by atoms with Crippen LogP contribution in [0.25, 0.3) is 0 Å². The minimum Gasteiger partial charge on any atom is -0.497 e. The van der Waals surface area contributed by atoms with Gasteiger partial charge in [0.1, 0.15) is 11.4 Å². The number of ether oxygens (including phenoxy) is 1. The van der Waals surface area contributed by atoms with Crippen molar-refractivity contribution in [2.45, 2.75) is 19.9 Å². The molecule has 2 aromatic rings. The number of hydrogen-bond donors (Lipinski definition) is 0. The molecule has 21 heavy (non-hydrogen) atoms. The molecule has 0 N–H and O–H groups in total. The van der Waals surface area contributed by atoms with Crippen LogP contribution in [0.4, 0.5) is 5.69 Å². The first-order valence-corrected chi connectivity index (χ1v) is 6.97. The van der Waals surface area contributed by atoms with Crippen LogP contribution in [-0.4, -0.2) is 24.9 Å². The molecular weight excluding hydrogens is 264 g/mol. The molecule has 1 heterocycles. The van der Waals surface area contributed by atoms with Gasteiger partial charge in [-0.25, -0.2) is 0 Å². The highest BCUT2D eigenvalue weighted by atomic mass is 16.5. The summed E-state index contributed by atoms with van der Waals surface area (Å²) < 4.78 is 5.15. The molecule has 0 amide bonds. The van der Waals surface area contributed by atoms with Gasteiger partial charge in [0.15, 0.2) is 5.78 Å². The summed E-state index contributed by atoms with van der Waals surface area (Å²) in [5.41, 5.74) is 2.70. The van der Waals surface area contributed by atoms with Gasteiger partial charge in [0, 0.05) is 20.0 Å². The van der Waals surface area contributed by atoms with Crippen molar-refractivity contribution in [3.63, 3.8) is 0 Å². The molecule has 1 aromatic heterocycles. The second kappa shape index (κ2) is 6.88. The zero-order chi connectivity index (χ0) is 15.2. The standard InChI is InChI=1S/C17H20N2O2/c1-4-17(20)16-10-7-14(11-18-16)19(2)12-13-5-8-15(21-3)9-6-13/h5-11H,4,12H2,1-3H3. The summed E-state index contributed by atoms with van der Waals surface area (Å²) in [4.78, 5) is 17.9. The lowest BCUT2D eigenvalue weighted by Crippen LogP contribution is -2.16. The summed E-state index contributed by atoms with van der Waals surface area (Å²) >= 11 is 0. The second-order valence-corrected chi connectivity index (χ2v) is 4.88. The van der Waals surface area contributed by atoms with Crippen molar-refractivity contribution in [2.75, 3.05) is 19.1 Å². The topological polar surface area (TPSA) is 42.4 Å². The molecule has 0 atom stereocenters. The molecule has 0 spiro atoms. The number of pyridine rings is 1. The maximum atomic E-state index is 11.6. The summed E-state index contributed by atoms with van der Waals surface area (Å²) in [5.74, 6) is 0.921. The van der Waals surface area contributed by atoms with Gasteiger partial charge >= 0.3 is 0 Å². The van der Waals surface area contributed by atoms with E-state index in [1.165, 1.54) is 5.56 Å². The number of carbonyl (C=O) groups is 1. The monoisotopic (exact) mass is 284 g/mol. The number of rotatable bonds is 6. The number of carbonyl (C=O) groups excluding carboxylic acids is 1. The molecule has 0 saturated carbocycles. The number of ketones is 1. The first-order valence-electron chi connectivity index (χ1n) is 6.97. The number of aromatic nitrogens is 1. The third-order valence-electron chi connectivity index (χ3n) is 3.37. The minimum atomic E-state index is 0.0688. The van der Waals surface area contributed by atoms with E-state index < -0.39 is 0 Å². The van der Waals surface area contributed by atoms with E-state index in [1.54, 1.807) is 19.4 Å². The molecule has 4 nitrogen and oxygen atoms in total. The first kappa shape index (κ1) is 15.0. The lowest BCUT2D eigenvalue weighted by atomic mass is 10.2. The number of nitrogens with zero attached hydrogens (tertiary/aromatic N) is 2. The average molecular weight is 284 g/mol. The Morgan fingerprint density at radius 1 is 1.19 bits per heavy atom. The fourth-order valence-electron chi connectivity index (χ4n) is 2.05. The number of methoxy groups -OCH3 is 1. The summed E-state index contributed by atoms with van der Waals surface area (Å²) in [7, 11) is 3.66. The van der Waals surface area contributed by atoms with Crippen LogP contribution in [0.2, 0.25) is 0 Å². The number of Topliss-reactive ketones (excluding diaryl/α,β-unsaturated/α-hetero) is 1. The van der Waals surface area contributed by atoms with Crippen molar-refractivity contribution < 1.29 is 9.53 Å². The van der Waals surface area contributed by atoms with Crippen molar-refractivity contribution in [1.29, 1.82) is 0 Å². The van der Waals surface area contributed by atoms with Gasteiger partial charge in [-0.1, -0.05) is 19.1 Å². The lowest BCUT2D eigenvalue weighted by molar-refractivity contribution is 0.0983. The van der Waals surface area contributed by atoms with E-state index in [9.17, 15) is 4.79 Å². The van der Waals surface area contributed by atoms with Crippen molar-refractivity contribution in [2.24, 2.45) is 0 Å². The molecule has 4 heteroatoms. The molecule has 0 unspecified atom stereocenters. The smallest absolute Gasteiger partial charge is 0.180 e. The van der Waals surface area contributed by atoms with E-state index in [-0.39, 0.29) is 5.78 Å². The van der Waals surface area contributed by atoms with Crippen LogP contribution >= 0.6 is 0 Å². The molecule has 1 aromatic carbocycles. The fraction of sp³-hybridized carbons (Fsp3) is 0.294. The second-order valence-electron chi connectivity index (χ2n) is 4.88. The van der Waals surface area contributed by atoms with Crippen LogP contribution in [0.15, 0.2) is 42.6 Å². The molecule has 0 aliphatic heterocycles. The highest BCUT2D eigenvalue weighted by molar-refractivity contribution is 5.94. The quantitative estimate of drug-likeness (QED) is 0.763. The molecular formula is C17H20N2O2. The number of hydrogen-bond acceptors (Lipinski definition) is 4. The normalized spacial score (nSPS) is 10.2. The van der Waals surface area contributed by atoms with Gasteiger partial charge in [0.2, 0.25) is 0 Å². The zero-order valence-corrected chi connectivity index (χ0v) is 12.7. The van der Waals surface area contributed by atoms with Crippen LogP contribution in [0, 0.1) is 0 Å². The Bertz CT molecular complexity index is 591. The molecule has 0 saturated heterocycles. The molecule has 0 radical (unpaired) electrons. The predicted octanol–water partition coefficient (Wildman–Crippen LogP) is 3.32. The first-order chi connectivity index (χ1) is 10.1. The maximum absolute atomic E-state index is 11.6. The summed E-state index contributed by atoms with van der Waals surface area (Å²) in [6.07, 6.45) is 2.22. The van der Waals surface area contributed by atoms with Gasteiger partial charge in [-0.2, -0.15) is 0 Å². The van der Waals surface area contributed by atoms with Crippen molar-refractivity contribution in [3.8, 4) is 5.75 Å². The Morgan fingerprint density at radius 3 is 2.43 bits per heavy atom. The van der Waals surface area contributed by atoms with Crippen molar-refractivity contribution >= 4 is 11.5 Å². The van der Waals surface area contributed by atoms with E-state index in [0.29, 0.717) is 12.1 Å². The van der Waals surface area contributed by atoms with E-state index in [1.807, 2.05) is 44.3 Å². The highest BCUT2D eigenvalue weighted by Gasteiger charge is 2.07. The Morgan fingerprint density at radius 2 is 1.90 bits per heavy atom. The Kier molecular flexibility index (Phi) is 4.93. The van der Waals surface area contributed by atoms with E-state index in [2.05, 4.69) is 9.88 Å². The van der Waals surface area contributed by atoms with Gasteiger partial charge in [0.25, 0.3) is 0 Å². The van der Waals surface area contributed by atoms with Gasteiger partial charge in [-0.3, -0.25) is 9.78 Å². The molecule has 0 fully saturated rings. The lowest BCUT2D eigenvalue weighted by Gasteiger charge is -2.19. The number of anilines is 1. The van der Waals surface area contributed by atoms with Crippen LogP contribution in [0.5, 0.6) is 5.75 Å². The van der Waals surface area contributed by atoms with Crippen molar-refractivity contribution in [3.05, 3.63) is 53.9 Å². The third-order valence-corrected chi connectivity index (χ3v) is 3.37. The Balaban J connectivity index is 2.05. The SMILES string of the molecule is CCC(=O)c1ccc(N(C)Cc2ccc(OC)cc2)cn1. The maximum Gasteiger partial charge on any atom is 0.180 e. The Labute approximate surface area is 125 Å². The predicted molar refractivity (Wildman–Crippen MR) is 84.0 cm³/mol. The van der Waals surface area contributed by atoms with Crippen LogP contribution in [0.3, 0.4) is 0 Å². The minimum absolute atomic E-state index is 0.0688. The molecule has 0 aliphatic rings. The van der Waals surface area contributed by atoms with Gasteiger partial charge in [-0.15, -0.1) is 0 Å².